The van der Waals surface area contributed by atoms with Gasteiger partial charge in [0.2, 0.25) is 5.91 Å². The fourth-order valence-corrected chi connectivity index (χ4v) is 1.66. The highest BCUT2D eigenvalue weighted by molar-refractivity contribution is 5.77. The molecule has 0 aliphatic carbocycles. The zero-order chi connectivity index (χ0) is 12.3. The van der Waals surface area contributed by atoms with Crippen molar-refractivity contribution in [2.24, 2.45) is 5.73 Å². The second-order valence-electron chi connectivity index (χ2n) is 3.84. The summed E-state index contributed by atoms with van der Waals surface area (Å²) in [5.41, 5.74) is 7.95. The number of nitrogens with one attached hydrogen (secondary N) is 1. The van der Waals surface area contributed by atoms with Crippen LogP contribution in [0.5, 0.6) is 0 Å². The maximum atomic E-state index is 11.0. The number of rotatable bonds is 4. The van der Waals surface area contributed by atoms with Crippen LogP contribution in [0.4, 0.5) is 0 Å². The number of nitrogens with zero attached hydrogens (tertiary/aromatic N) is 1. The Balaban J connectivity index is 2.01. The molecule has 1 aromatic carbocycles. The Morgan fingerprint density at radius 1 is 1.53 bits per heavy atom. The monoisotopic (exact) mass is 233 g/mol. The first-order valence-electron chi connectivity index (χ1n) is 5.52. The van der Waals surface area contributed by atoms with Gasteiger partial charge in [-0.3, -0.25) is 4.79 Å². The highest BCUT2D eigenvalue weighted by Gasteiger charge is 2.03. The Hall–Kier alpha value is -1.88. The molecule has 0 saturated heterocycles. The molecule has 0 radical (unpaired) electrons. The zero-order valence-corrected chi connectivity index (χ0v) is 9.69. The summed E-state index contributed by atoms with van der Waals surface area (Å²) < 4.78 is 5.39. The SMILES string of the molecule is Cc1nc2cc(CCNC(=O)CN)ccc2o1. The molecule has 0 unspecified atom stereocenters. The Kier molecular flexibility index (Phi) is 3.39. The zero-order valence-electron chi connectivity index (χ0n) is 9.69. The summed E-state index contributed by atoms with van der Waals surface area (Å²) in [4.78, 5) is 15.2. The molecule has 1 heterocycles. The molecule has 0 spiro atoms. The van der Waals surface area contributed by atoms with E-state index in [4.69, 9.17) is 10.2 Å². The molecular formula is C12H15N3O2. The van der Waals surface area contributed by atoms with Crippen LogP contribution in [-0.2, 0) is 11.2 Å². The lowest BCUT2D eigenvalue weighted by molar-refractivity contribution is -0.119. The van der Waals surface area contributed by atoms with E-state index < -0.39 is 0 Å². The first-order chi connectivity index (χ1) is 8.19. The summed E-state index contributed by atoms with van der Waals surface area (Å²) in [5.74, 6) is 0.525. The molecule has 90 valence electrons. The number of hydrogen-bond acceptors (Lipinski definition) is 4. The minimum Gasteiger partial charge on any atom is -0.441 e. The molecule has 17 heavy (non-hydrogen) atoms. The number of carbonyl (C=O) groups is 1. The third kappa shape index (κ3) is 2.82. The Bertz CT molecular complexity index is 534. The van der Waals surface area contributed by atoms with Gasteiger partial charge in [-0.05, 0) is 24.1 Å². The third-order valence-corrected chi connectivity index (χ3v) is 2.48. The predicted octanol–water partition coefficient (Wildman–Crippen LogP) is 0.754. The van der Waals surface area contributed by atoms with Gasteiger partial charge < -0.3 is 15.5 Å². The summed E-state index contributed by atoms with van der Waals surface area (Å²) in [6, 6.07) is 5.84. The molecule has 0 saturated carbocycles. The maximum absolute atomic E-state index is 11.0. The molecule has 0 aliphatic rings. The molecule has 5 nitrogen and oxygen atoms in total. The minimum atomic E-state index is -0.136. The van der Waals surface area contributed by atoms with E-state index in [9.17, 15) is 4.79 Å². The van der Waals surface area contributed by atoms with Crippen LogP contribution in [0.1, 0.15) is 11.5 Å². The molecule has 5 heteroatoms. The molecule has 1 aromatic heterocycles. The smallest absolute Gasteiger partial charge is 0.233 e. The number of carbonyl (C=O) groups excluding carboxylic acids is 1. The van der Waals surface area contributed by atoms with E-state index >= 15 is 0 Å². The van der Waals surface area contributed by atoms with Crippen LogP contribution in [0.15, 0.2) is 22.6 Å². The van der Waals surface area contributed by atoms with Gasteiger partial charge in [0, 0.05) is 13.5 Å². The van der Waals surface area contributed by atoms with Crippen molar-refractivity contribution < 1.29 is 9.21 Å². The van der Waals surface area contributed by atoms with Crippen LogP contribution < -0.4 is 11.1 Å². The van der Waals surface area contributed by atoms with Gasteiger partial charge in [-0.2, -0.15) is 0 Å². The van der Waals surface area contributed by atoms with E-state index in [1.807, 2.05) is 25.1 Å². The van der Waals surface area contributed by atoms with Gasteiger partial charge in [0.05, 0.1) is 6.54 Å². The van der Waals surface area contributed by atoms with Gasteiger partial charge in [0.15, 0.2) is 11.5 Å². The summed E-state index contributed by atoms with van der Waals surface area (Å²) in [5, 5.41) is 2.73. The number of hydrogen-bond donors (Lipinski definition) is 2. The number of oxazole rings is 1. The number of aromatic nitrogens is 1. The van der Waals surface area contributed by atoms with Crippen LogP contribution in [0.2, 0.25) is 0 Å². The lowest BCUT2D eigenvalue weighted by atomic mass is 10.1. The maximum Gasteiger partial charge on any atom is 0.233 e. The van der Waals surface area contributed by atoms with Crippen molar-refractivity contribution in [2.45, 2.75) is 13.3 Å². The van der Waals surface area contributed by atoms with E-state index in [0.717, 1.165) is 23.1 Å². The Morgan fingerprint density at radius 2 is 2.35 bits per heavy atom. The highest BCUT2D eigenvalue weighted by atomic mass is 16.3. The van der Waals surface area contributed by atoms with Crippen molar-refractivity contribution >= 4 is 17.0 Å². The topological polar surface area (TPSA) is 81.2 Å². The normalized spacial score (nSPS) is 10.7. The van der Waals surface area contributed by atoms with Crippen molar-refractivity contribution in [3.05, 3.63) is 29.7 Å². The Labute approximate surface area is 99.0 Å². The summed E-state index contributed by atoms with van der Waals surface area (Å²) in [6.45, 7) is 2.43. The second kappa shape index (κ2) is 4.97. The Morgan fingerprint density at radius 3 is 3.12 bits per heavy atom. The predicted molar refractivity (Wildman–Crippen MR) is 64.5 cm³/mol. The summed E-state index contributed by atoms with van der Waals surface area (Å²) >= 11 is 0. The van der Waals surface area contributed by atoms with Crippen molar-refractivity contribution in [1.29, 1.82) is 0 Å². The van der Waals surface area contributed by atoms with Gasteiger partial charge in [-0.1, -0.05) is 6.07 Å². The minimum absolute atomic E-state index is 0.0293. The number of amides is 1. The standard InChI is InChI=1S/C12H15N3O2/c1-8-15-10-6-9(2-3-11(10)17-8)4-5-14-12(16)7-13/h2-3,6H,4-5,7,13H2,1H3,(H,14,16). The number of nitrogens with two attached hydrogens (primary N) is 1. The molecule has 1 amide bonds. The average molecular weight is 233 g/mol. The molecule has 0 bridgehead atoms. The quantitative estimate of drug-likeness (QED) is 0.816. The number of aryl methyl sites for hydroxylation is 1. The van der Waals surface area contributed by atoms with Crippen molar-refractivity contribution in [3.63, 3.8) is 0 Å². The van der Waals surface area contributed by atoms with Crippen molar-refractivity contribution in [1.82, 2.24) is 10.3 Å². The molecule has 3 N–H and O–H groups in total. The van der Waals surface area contributed by atoms with E-state index in [1.165, 1.54) is 0 Å². The van der Waals surface area contributed by atoms with E-state index in [1.54, 1.807) is 0 Å². The van der Waals surface area contributed by atoms with Crippen molar-refractivity contribution in [2.75, 3.05) is 13.1 Å². The molecule has 0 aliphatic heterocycles. The van der Waals surface area contributed by atoms with Gasteiger partial charge in [0.25, 0.3) is 0 Å². The van der Waals surface area contributed by atoms with E-state index in [0.29, 0.717) is 12.4 Å². The lowest BCUT2D eigenvalue weighted by Crippen LogP contribution is -2.31. The summed E-state index contributed by atoms with van der Waals surface area (Å²) in [7, 11) is 0. The van der Waals surface area contributed by atoms with Gasteiger partial charge in [-0.25, -0.2) is 4.98 Å². The van der Waals surface area contributed by atoms with Crippen LogP contribution in [0, 0.1) is 6.92 Å². The molecule has 2 rings (SSSR count). The van der Waals surface area contributed by atoms with Crippen LogP contribution in [0.25, 0.3) is 11.1 Å². The van der Waals surface area contributed by atoms with Gasteiger partial charge in [-0.15, -0.1) is 0 Å². The molecular weight excluding hydrogens is 218 g/mol. The summed E-state index contributed by atoms with van der Waals surface area (Å²) in [6.07, 6.45) is 0.758. The second-order valence-corrected chi connectivity index (χ2v) is 3.84. The first kappa shape index (κ1) is 11.6. The number of benzene rings is 1. The average Bonchev–Trinajstić information content (AvgIpc) is 2.68. The molecule has 0 fully saturated rings. The number of fused-ring (bicyclic) bond motifs is 1. The fourth-order valence-electron chi connectivity index (χ4n) is 1.66. The van der Waals surface area contributed by atoms with Gasteiger partial charge >= 0.3 is 0 Å². The first-order valence-corrected chi connectivity index (χ1v) is 5.52. The molecule has 2 aromatic rings. The largest absolute Gasteiger partial charge is 0.441 e. The van der Waals surface area contributed by atoms with Crippen molar-refractivity contribution in [3.8, 4) is 0 Å². The van der Waals surface area contributed by atoms with Crippen LogP contribution >= 0.6 is 0 Å². The lowest BCUT2D eigenvalue weighted by Gasteiger charge is -2.03. The van der Waals surface area contributed by atoms with E-state index in [2.05, 4.69) is 10.3 Å². The van der Waals surface area contributed by atoms with Gasteiger partial charge in [0.1, 0.15) is 5.52 Å². The van der Waals surface area contributed by atoms with Crippen LogP contribution in [-0.4, -0.2) is 24.0 Å². The molecule has 0 atom stereocenters. The highest BCUT2D eigenvalue weighted by Crippen LogP contribution is 2.16. The van der Waals surface area contributed by atoms with Crippen LogP contribution in [0.3, 0.4) is 0 Å². The van der Waals surface area contributed by atoms with E-state index in [-0.39, 0.29) is 12.5 Å². The fraction of sp³-hybridized carbons (Fsp3) is 0.333. The third-order valence-electron chi connectivity index (χ3n) is 2.48.